The molecule has 96 valence electrons. The fraction of sp³-hybridized carbons (Fsp3) is 0.357. The lowest BCUT2D eigenvalue weighted by molar-refractivity contribution is 0.572. The molecule has 0 aliphatic carbocycles. The minimum atomic E-state index is 0.147. The van der Waals surface area contributed by atoms with Crippen LogP contribution in [0.15, 0.2) is 35.7 Å². The standard InChI is InChI=1S/C14H19N3S/c1-11-10-18-14(17-11)9-16-8-13(15)7-12-5-3-2-4-6-12/h2-6,10,13,16H,7-9,15H2,1H3/t13-/m1/s1. The van der Waals surface area contributed by atoms with Gasteiger partial charge in [-0.25, -0.2) is 4.98 Å². The third-order valence-corrected chi connectivity index (χ3v) is 3.66. The van der Waals surface area contributed by atoms with Gasteiger partial charge in [-0.15, -0.1) is 11.3 Å². The summed E-state index contributed by atoms with van der Waals surface area (Å²) in [7, 11) is 0. The molecule has 4 heteroatoms. The maximum Gasteiger partial charge on any atom is 0.107 e. The number of aryl methyl sites for hydroxylation is 1. The minimum Gasteiger partial charge on any atom is -0.326 e. The highest BCUT2D eigenvalue weighted by Gasteiger charge is 2.04. The van der Waals surface area contributed by atoms with E-state index in [4.69, 9.17) is 5.73 Å². The quantitative estimate of drug-likeness (QED) is 0.837. The first-order chi connectivity index (χ1) is 8.74. The van der Waals surface area contributed by atoms with E-state index in [1.165, 1.54) is 5.56 Å². The van der Waals surface area contributed by atoms with E-state index in [9.17, 15) is 0 Å². The van der Waals surface area contributed by atoms with Crippen LogP contribution in [0, 0.1) is 6.92 Å². The molecular formula is C14H19N3S. The topological polar surface area (TPSA) is 50.9 Å². The van der Waals surface area contributed by atoms with E-state index in [0.717, 1.165) is 30.2 Å². The average molecular weight is 261 g/mol. The number of nitrogens with zero attached hydrogens (tertiary/aromatic N) is 1. The first-order valence-corrected chi connectivity index (χ1v) is 7.03. The maximum atomic E-state index is 6.10. The average Bonchev–Trinajstić information content (AvgIpc) is 2.76. The second kappa shape index (κ2) is 6.64. The summed E-state index contributed by atoms with van der Waals surface area (Å²) >= 11 is 1.69. The molecule has 0 saturated carbocycles. The second-order valence-electron chi connectivity index (χ2n) is 4.46. The Kier molecular flexibility index (Phi) is 4.87. The Bertz CT molecular complexity index is 467. The van der Waals surface area contributed by atoms with Crippen molar-refractivity contribution in [2.75, 3.05) is 6.54 Å². The number of nitrogens with one attached hydrogen (secondary N) is 1. The summed E-state index contributed by atoms with van der Waals surface area (Å²) in [5.74, 6) is 0. The number of benzene rings is 1. The van der Waals surface area contributed by atoms with Crippen LogP contribution in [0.2, 0.25) is 0 Å². The summed E-state index contributed by atoms with van der Waals surface area (Å²) < 4.78 is 0. The fourth-order valence-electron chi connectivity index (χ4n) is 1.84. The van der Waals surface area contributed by atoms with Crippen LogP contribution in [0.25, 0.3) is 0 Å². The molecule has 0 spiro atoms. The largest absolute Gasteiger partial charge is 0.326 e. The van der Waals surface area contributed by atoms with Crippen molar-refractivity contribution < 1.29 is 0 Å². The third kappa shape index (κ3) is 4.22. The van der Waals surface area contributed by atoms with Crippen LogP contribution in [0.4, 0.5) is 0 Å². The van der Waals surface area contributed by atoms with Gasteiger partial charge in [-0.1, -0.05) is 30.3 Å². The number of nitrogens with two attached hydrogens (primary N) is 1. The van der Waals surface area contributed by atoms with Gasteiger partial charge in [-0.2, -0.15) is 0 Å². The summed E-state index contributed by atoms with van der Waals surface area (Å²) in [5, 5.41) is 6.55. The van der Waals surface area contributed by atoms with Gasteiger partial charge in [0.25, 0.3) is 0 Å². The van der Waals surface area contributed by atoms with Crippen LogP contribution in [0.3, 0.4) is 0 Å². The molecule has 0 unspecified atom stereocenters. The van der Waals surface area contributed by atoms with Crippen molar-refractivity contribution in [3.05, 3.63) is 52.0 Å². The Morgan fingerprint density at radius 2 is 2.11 bits per heavy atom. The van der Waals surface area contributed by atoms with E-state index in [1.54, 1.807) is 11.3 Å². The first kappa shape index (κ1) is 13.2. The van der Waals surface area contributed by atoms with Crippen molar-refractivity contribution in [3.8, 4) is 0 Å². The molecule has 1 heterocycles. The first-order valence-electron chi connectivity index (χ1n) is 6.15. The molecule has 2 aromatic rings. The van der Waals surface area contributed by atoms with Crippen LogP contribution in [-0.4, -0.2) is 17.6 Å². The zero-order valence-electron chi connectivity index (χ0n) is 10.6. The predicted molar refractivity (Wildman–Crippen MR) is 76.7 cm³/mol. The van der Waals surface area contributed by atoms with Crippen molar-refractivity contribution in [2.24, 2.45) is 5.73 Å². The summed E-state index contributed by atoms with van der Waals surface area (Å²) in [5.41, 5.74) is 8.47. The molecule has 0 fully saturated rings. The van der Waals surface area contributed by atoms with Crippen molar-refractivity contribution in [2.45, 2.75) is 25.9 Å². The van der Waals surface area contributed by atoms with Crippen LogP contribution >= 0.6 is 11.3 Å². The van der Waals surface area contributed by atoms with Crippen LogP contribution in [0.5, 0.6) is 0 Å². The molecule has 0 bridgehead atoms. The van der Waals surface area contributed by atoms with Gasteiger partial charge in [-0.3, -0.25) is 0 Å². The fourth-order valence-corrected chi connectivity index (χ4v) is 2.58. The molecule has 0 amide bonds. The predicted octanol–water partition coefficient (Wildman–Crippen LogP) is 2.11. The lowest BCUT2D eigenvalue weighted by atomic mass is 10.1. The Balaban J connectivity index is 1.70. The smallest absolute Gasteiger partial charge is 0.107 e. The summed E-state index contributed by atoms with van der Waals surface area (Å²) in [6, 6.07) is 10.5. The van der Waals surface area contributed by atoms with E-state index < -0.39 is 0 Å². The van der Waals surface area contributed by atoms with E-state index in [0.29, 0.717) is 0 Å². The zero-order valence-corrected chi connectivity index (χ0v) is 11.4. The normalized spacial score (nSPS) is 12.6. The van der Waals surface area contributed by atoms with E-state index in [1.807, 2.05) is 25.1 Å². The van der Waals surface area contributed by atoms with Crippen molar-refractivity contribution in [1.29, 1.82) is 0 Å². The zero-order chi connectivity index (χ0) is 12.8. The lowest BCUT2D eigenvalue weighted by Gasteiger charge is -2.12. The summed E-state index contributed by atoms with van der Waals surface area (Å²) in [6.45, 7) is 3.63. The monoisotopic (exact) mass is 261 g/mol. The van der Waals surface area contributed by atoms with Crippen molar-refractivity contribution >= 4 is 11.3 Å². The molecule has 3 N–H and O–H groups in total. The Morgan fingerprint density at radius 3 is 2.78 bits per heavy atom. The van der Waals surface area contributed by atoms with Gasteiger partial charge in [-0.05, 0) is 18.9 Å². The van der Waals surface area contributed by atoms with Gasteiger partial charge in [0.1, 0.15) is 5.01 Å². The van der Waals surface area contributed by atoms with Gasteiger partial charge in [0.15, 0.2) is 0 Å². The maximum absolute atomic E-state index is 6.10. The number of hydrogen-bond acceptors (Lipinski definition) is 4. The minimum absolute atomic E-state index is 0.147. The van der Waals surface area contributed by atoms with Gasteiger partial charge in [0, 0.05) is 30.2 Å². The van der Waals surface area contributed by atoms with Gasteiger partial charge in [0.05, 0.1) is 0 Å². The Morgan fingerprint density at radius 1 is 1.33 bits per heavy atom. The van der Waals surface area contributed by atoms with Gasteiger partial charge >= 0.3 is 0 Å². The third-order valence-electron chi connectivity index (χ3n) is 2.69. The summed E-state index contributed by atoms with van der Waals surface area (Å²) in [6.07, 6.45) is 0.907. The van der Waals surface area contributed by atoms with E-state index in [2.05, 4.69) is 27.8 Å². The molecule has 1 atom stereocenters. The van der Waals surface area contributed by atoms with Crippen LogP contribution < -0.4 is 11.1 Å². The van der Waals surface area contributed by atoms with Gasteiger partial charge < -0.3 is 11.1 Å². The highest BCUT2D eigenvalue weighted by atomic mass is 32.1. The lowest BCUT2D eigenvalue weighted by Crippen LogP contribution is -2.35. The molecule has 0 aliphatic heterocycles. The number of rotatable bonds is 6. The molecule has 0 aliphatic rings. The molecule has 0 saturated heterocycles. The Labute approximate surface area is 112 Å². The van der Waals surface area contributed by atoms with Gasteiger partial charge in [0.2, 0.25) is 0 Å². The highest BCUT2D eigenvalue weighted by molar-refractivity contribution is 7.09. The van der Waals surface area contributed by atoms with Crippen molar-refractivity contribution in [1.82, 2.24) is 10.3 Å². The van der Waals surface area contributed by atoms with E-state index in [-0.39, 0.29) is 6.04 Å². The molecule has 0 radical (unpaired) electrons. The molecule has 1 aromatic heterocycles. The van der Waals surface area contributed by atoms with Crippen LogP contribution in [-0.2, 0) is 13.0 Å². The molecule has 18 heavy (non-hydrogen) atoms. The number of aromatic nitrogens is 1. The SMILES string of the molecule is Cc1csc(CNC[C@H](N)Cc2ccccc2)n1. The highest BCUT2D eigenvalue weighted by Crippen LogP contribution is 2.08. The molecular weight excluding hydrogens is 242 g/mol. The molecule has 3 nitrogen and oxygen atoms in total. The second-order valence-corrected chi connectivity index (χ2v) is 5.41. The van der Waals surface area contributed by atoms with E-state index >= 15 is 0 Å². The molecule has 2 rings (SSSR count). The number of hydrogen-bond donors (Lipinski definition) is 2. The van der Waals surface area contributed by atoms with Crippen LogP contribution in [0.1, 0.15) is 16.3 Å². The van der Waals surface area contributed by atoms with Crippen molar-refractivity contribution in [3.63, 3.8) is 0 Å². The Hall–Kier alpha value is -1.23. The summed E-state index contributed by atoms with van der Waals surface area (Å²) in [4.78, 5) is 4.41. The number of thiazole rings is 1. The molecule has 1 aromatic carbocycles.